The van der Waals surface area contributed by atoms with Crippen LogP contribution in [0.15, 0.2) is 0 Å². The molecule has 0 aromatic carbocycles. The van der Waals surface area contributed by atoms with E-state index in [-0.39, 0.29) is 6.10 Å². The zero-order valence-electron chi connectivity index (χ0n) is 23.9. The van der Waals surface area contributed by atoms with Gasteiger partial charge in [0, 0.05) is 0 Å². The van der Waals surface area contributed by atoms with E-state index in [1.165, 1.54) is 57.8 Å². The number of hydrogen-bond acceptors (Lipinski definition) is 2. The first-order chi connectivity index (χ1) is 15.5. The van der Waals surface area contributed by atoms with E-state index in [1.54, 1.807) is 0 Å². The van der Waals surface area contributed by atoms with Crippen molar-refractivity contribution in [2.24, 2.45) is 46.3 Å². The van der Waals surface area contributed by atoms with Gasteiger partial charge in [-0.1, -0.05) is 61.3 Å². The maximum absolute atomic E-state index is 10.3. The van der Waals surface area contributed by atoms with Crippen LogP contribution in [0.2, 0.25) is 0 Å². The Kier molecular flexibility index (Phi) is 10.4. The Balaban J connectivity index is 0.000000714. The van der Waals surface area contributed by atoms with Crippen LogP contribution >= 0.6 is 0 Å². The van der Waals surface area contributed by atoms with Gasteiger partial charge in [0.05, 0.1) is 11.7 Å². The van der Waals surface area contributed by atoms with Crippen molar-refractivity contribution in [3.05, 3.63) is 0 Å². The van der Waals surface area contributed by atoms with E-state index in [4.69, 9.17) is 0 Å². The molecule has 0 heterocycles. The molecule has 4 rings (SSSR count). The van der Waals surface area contributed by atoms with Gasteiger partial charge in [-0.3, -0.25) is 0 Å². The summed E-state index contributed by atoms with van der Waals surface area (Å²) >= 11 is 0. The lowest BCUT2D eigenvalue weighted by Crippen LogP contribution is -2.56. The third-order valence-corrected chi connectivity index (χ3v) is 10.5. The third kappa shape index (κ3) is 6.19. The molecule has 0 saturated heterocycles. The highest BCUT2D eigenvalue weighted by molar-refractivity contribution is 5.10. The average molecular weight is 465 g/mol. The molecule has 4 saturated carbocycles. The van der Waals surface area contributed by atoms with Gasteiger partial charge < -0.3 is 10.2 Å². The molecule has 4 aliphatic carbocycles. The molecular formula is C31H60O2. The Hall–Kier alpha value is -0.0800. The molecule has 0 radical (unpaired) electrons. The fourth-order valence-electron chi connectivity index (χ4n) is 9.08. The standard InChI is InChI=1S/C26H46O2.C3H8.C2H6/c1-17-15-20-21-9-8-18(7-6-12-24(2,3)28)25(21,4)14-11-22(20)26(5)13-10-19(27)16-23(17)26;1-3-2;1-2/h17-23,27-28H,6-16H2,1-5H3;3H2,1-2H3;1-2H3. The topological polar surface area (TPSA) is 40.5 Å². The molecule has 9 atom stereocenters. The fourth-order valence-corrected chi connectivity index (χ4v) is 9.08. The SMILES string of the molecule is CC.CC1CC2C3CCC(CCCC(C)(C)O)C3(C)CCC2C2(C)CCC(O)CC12.CCC. The van der Waals surface area contributed by atoms with Crippen LogP contribution in [0.25, 0.3) is 0 Å². The summed E-state index contributed by atoms with van der Waals surface area (Å²) in [6.07, 6.45) is 15.1. The minimum Gasteiger partial charge on any atom is -0.393 e. The second kappa shape index (κ2) is 11.8. The number of aliphatic hydroxyl groups excluding tert-OH is 1. The fraction of sp³-hybridized carbons (Fsp3) is 1.00. The first kappa shape index (κ1) is 29.2. The first-order valence-corrected chi connectivity index (χ1v) is 14.9. The molecule has 196 valence electrons. The van der Waals surface area contributed by atoms with Crippen molar-refractivity contribution in [3.63, 3.8) is 0 Å². The summed E-state index contributed by atoms with van der Waals surface area (Å²) in [4.78, 5) is 0. The van der Waals surface area contributed by atoms with Crippen LogP contribution in [-0.2, 0) is 0 Å². The van der Waals surface area contributed by atoms with Crippen molar-refractivity contribution >= 4 is 0 Å². The minimum absolute atomic E-state index is 0.0439. The molecule has 0 amide bonds. The molecule has 2 heteroatoms. The summed E-state index contributed by atoms with van der Waals surface area (Å²) < 4.78 is 0. The van der Waals surface area contributed by atoms with Crippen molar-refractivity contribution in [2.45, 2.75) is 151 Å². The number of rotatable bonds is 4. The van der Waals surface area contributed by atoms with E-state index in [0.29, 0.717) is 10.8 Å². The van der Waals surface area contributed by atoms with E-state index in [9.17, 15) is 10.2 Å². The molecule has 4 fully saturated rings. The van der Waals surface area contributed by atoms with E-state index in [1.807, 2.05) is 27.7 Å². The lowest BCUT2D eigenvalue weighted by atomic mass is 9.43. The van der Waals surface area contributed by atoms with Gasteiger partial charge in [0.25, 0.3) is 0 Å². The third-order valence-electron chi connectivity index (χ3n) is 10.5. The van der Waals surface area contributed by atoms with Crippen LogP contribution < -0.4 is 0 Å². The molecule has 4 aliphatic rings. The van der Waals surface area contributed by atoms with Crippen LogP contribution in [0.4, 0.5) is 0 Å². The van der Waals surface area contributed by atoms with Crippen molar-refractivity contribution in [1.29, 1.82) is 0 Å². The first-order valence-electron chi connectivity index (χ1n) is 14.9. The summed E-state index contributed by atoms with van der Waals surface area (Å²) in [5.74, 6) is 5.13. The van der Waals surface area contributed by atoms with Crippen LogP contribution in [-0.4, -0.2) is 21.9 Å². The second-order valence-electron chi connectivity index (χ2n) is 13.4. The summed E-state index contributed by atoms with van der Waals surface area (Å²) in [7, 11) is 0. The van der Waals surface area contributed by atoms with Gasteiger partial charge in [0.1, 0.15) is 0 Å². The van der Waals surface area contributed by atoms with Crippen LogP contribution in [0.3, 0.4) is 0 Å². The van der Waals surface area contributed by atoms with Gasteiger partial charge in [-0.25, -0.2) is 0 Å². The van der Waals surface area contributed by atoms with Gasteiger partial charge in [0.15, 0.2) is 0 Å². The highest BCUT2D eigenvalue weighted by atomic mass is 16.3. The number of aliphatic hydroxyl groups is 2. The Bertz CT molecular complexity index is 580. The predicted octanol–water partition coefficient (Wildman–Crippen LogP) is 8.64. The number of hydrogen-bond donors (Lipinski definition) is 2. The Morgan fingerprint density at radius 2 is 1.42 bits per heavy atom. The molecule has 0 aromatic rings. The van der Waals surface area contributed by atoms with Gasteiger partial charge in [-0.05, 0) is 124 Å². The maximum atomic E-state index is 10.3. The summed E-state index contributed by atoms with van der Waals surface area (Å²) in [6.45, 7) is 19.9. The van der Waals surface area contributed by atoms with E-state index >= 15 is 0 Å². The van der Waals surface area contributed by atoms with Crippen LogP contribution in [0.5, 0.6) is 0 Å². The zero-order valence-corrected chi connectivity index (χ0v) is 23.9. The highest BCUT2D eigenvalue weighted by Crippen LogP contribution is 2.68. The van der Waals surface area contributed by atoms with Gasteiger partial charge in [0.2, 0.25) is 0 Å². The maximum Gasteiger partial charge on any atom is 0.0591 e. The molecule has 0 aliphatic heterocycles. The molecule has 2 N–H and O–H groups in total. The van der Waals surface area contributed by atoms with Crippen molar-refractivity contribution in [2.75, 3.05) is 0 Å². The van der Waals surface area contributed by atoms with E-state index in [0.717, 1.165) is 54.8 Å². The molecular weight excluding hydrogens is 404 g/mol. The quantitative estimate of drug-likeness (QED) is 0.437. The van der Waals surface area contributed by atoms with E-state index < -0.39 is 5.60 Å². The van der Waals surface area contributed by atoms with E-state index in [2.05, 4.69) is 34.6 Å². The molecule has 0 aromatic heterocycles. The van der Waals surface area contributed by atoms with Gasteiger partial charge in [-0.15, -0.1) is 0 Å². The Morgan fingerprint density at radius 1 is 0.848 bits per heavy atom. The van der Waals surface area contributed by atoms with Gasteiger partial charge in [-0.2, -0.15) is 0 Å². The molecule has 9 unspecified atom stereocenters. The normalized spacial score (nSPS) is 44.3. The van der Waals surface area contributed by atoms with Crippen molar-refractivity contribution in [1.82, 2.24) is 0 Å². The summed E-state index contributed by atoms with van der Waals surface area (Å²) in [5, 5.41) is 20.4. The van der Waals surface area contributed by atoms with Gasteiger partial charge >= 0.3 is 0 Å². The average Bonchev–Trinajstić information content (AvgIpc) is 3.07. The smallest absolute Gasteiger partial charge is 0.0591 e. The molecule has 33 heavy (non-hydrogen) atoms. The second-order valence-corrected chi connectivity index (χ2v) is 13.4. The minimum atomic E-state index is -0.509. The van der Waals surface area contributed by atoms with Crippen molar-refractivity contribution < 1.29 is 10.2 Å². The Labute approximate surface area is 207 Å². The lowest BCUT2D eigenvalue weighted by Gasteiger charge is -2.62. The monoisotopic (exact) mass is 464 g/mol. The highest BCUT2D eigenvalue weighted by Gasteiger charge is 2.61. The summed E-state index contributed by atoms with van der Waals surface area (Å²) in [5.41, 5.74) is 0.504. The molecule has 0 bridgehead atoms. The van der Waals surface area contributed by atoms with Crippen LogP contribution in [0, 0.1) is 46.3 Å². The number of fused-ring (bicyclic) bond motifs is 5. The zero-order chi connectivity index (χ0) is 25.0. The largest absolute Gasteiger partial charge is 0.393 e. The van der Waals surface area contributed by atoms with Crippen LogP contribution in [0.1, 0.15) is 139 Å². The van der Waals surface area contributed by atoms with Crippen molar-refractivity contribution in [3.8, 4) is 0 Å². The summed E-state index contributed by atoms with van der Waals surface area (Å²) in [6, 6.07) is 0. The predicted molar refractivity (Wildman–Crippen MR) is 143 cm³/mol. The molecule has 0 spiro atoms. The molecule has 2 nitrogen and oxygen atoms in total. The lowest BCUT2D eigenvalue weighted by molar-refractivity contribution is -0.147. The Morgan fingerprint density at radius 3 is 2.03 bits per heavy atom.